The molecule has 0 unspecified atom stereocenters. The van der Waals surface area contributed by atoms with E-state index >= 15 is 0 Å². The van der Waals surface area contributed by atoms with Crippen molar-refractivity contribution in [1.29, 1.82) is 0 Å². The molecular weight excluding hydrogens is 177 g/mol. The van der Waals surface area contributed by atoms with Gasteiger partial charge in [-0.2, -0.15) is 0 Å². The average Bonchev–Trinajstić information content (AvgIpc) is 1.97. The van der Waals surface area contributed by atoms with E-state index in [1.807, 2.05) is 0 Å². The second kappa shape index (κ2) is 3.13. The smallest absolute Gasteiger partial charge is 0.144 e. The summed E-state index contributed by atoms with van der Waals surface area (Å²) in [6, 6.07) is 1.50. The Morgan fingerprint density at radius 1 is 1.18 bits per heavy atom. The van der Waals surface area contributed by atoms with Crippen LogP contribution in [0, 0.1) is 11.6 Å². The highest BCUT2D eigenvalue weighted by atomic mass is 35.5. The van der Waals surface area contributed by atoms with Crippen molar-refractivity contribution in [3.05, 3.63) is 34.4 Å². The zero-order valence-electron chi connectivity index (χ0n) is 5.37. The fourth-order valence-corrected chi connectivity index (χ4v) is 0.852. The average molecular weight is 181 g/mol. The monoisotopic (exact) mass is 180 g/mol. The molecule has 0 amide bonds. The lowest BCUT2D eigenvalue weighted by atomic mass is 10.2. The number of alkyl halides is 1. The summed E-state index contributed by atoms with van der Waals surface area (Å²) in [5, 5.41) is -0.265. The van der Waals surface area contributed by atoms with Crippen molar-refractivity contribution < 1.29 is 13.2 Å². The molecule has 11 heavy (non-hydrogen) atoms. The number of hydrogen-bond acceptors (Lipinski definition) is 0. The van der Waals surface area contributed by atoms with Crippen LogP contribution in [0.3, 0.4) is 0 Å². The van der Waals surface area contributed by atoms with Gasteiger partial charge < -0.3 is 0 Å². The first-order valence-corrected chi connectivity index (χ1v) is 3.22. The minimum absolute atomic E-state index is 0.226. The quantitative estimate of drug-likeness (QED) is 0.583. The molecule has 0 aromatic heterocycles. The molecule has 0 bridgehead atoms. The van der Waals surface area contributed by atoms with Crippen molar-refractivity contribution in [3.8, 4) is 0 Å². The van der Waals surface area contributed by atoms with Gasteiger partial charge in [0.1, 0.15) is 18.3 Å². The van der Waals surface area contributed by atoms with Crippen LogP contribution in [0.2, 0.25) is 5.02 Å². The normalized spacial score (nSPS) is 10.2. The topological polar surface area (TPSA) is 0 Å². The molecule has 1 aromatic carbocycles. The van der Waals surface area contributed by atoms with Crippen LogP contribution < -0.4 is 0 Å². The zero-order valence-corrected chi connectivity index (χ0v) is 6.13. The third-order valence-electron chi connectivity index (χ3n) is 1.23. The fraction of sp³-hybridized carbons (Fsp3) is 0.143. The molecule has 0 aliphatic carbocycles. The SMILES string of the molecule is FCc1cc(Cl)c(F)cc1F. The van der Waals surface area contributed by atoms with E-state index in [0.29, 0.717) is 6.07 Å². The minimum Gasteiger partial charge on any atom is -0.246 e. The van der Waals surface area contributed by atoms with E-state index in [2.05, 4.69) is 0 Å². The Hall–Kier alpha value is -0.700. The maximum Gasteiger partial charge on any atom is 0.144 e. The Morgan fingerprint density at radius 3 is 2.36 bits per heavy atom. The van der Waals surface area contributed by atoms with Crippen LogP contribution in [0.5, 0.6) is 0 Å². The van der Waals surface area contributed by atoms with Gasteiger partial charge in [0, 0.05) is 11.6 Å². The Morgan fingerprint density at radius 2 is 1.82 bits per heavy atom. The first kappa shape index (κ1) is 8.40. The lowest BCUT2D eigenvalue weighted by Gasteiger charge is -1.98. The summed E-state index contributed by atoms with van der Waals surface area (Å²) in [4.78, 5) is 0. The largest absolute Gasteiger partial charge is 0.246 e. The van der Waals surface area contributed by atoms with Gasteiger partial charge in [0.2, 0.25) is 0 Å². The number of hydrogen-bond donors (Lipinski definition) is 0. The first-order valence-electron chi connectivity index (χ1n) is 2.84. The van der Waals surface area contributed by atoms with E-state index < -0.39 is 18.3 Å². The van der Waals surface area contributed by atoms with Gasteiger partial charge in [0.05, 0.1) is 5.02 Å². The highest BCUT2D eigenvalue weighted by Crippen LogP contribution is 2.19. The predicted molar refractivity (Wildman–Crippen MR) is 36.2 cm³/mol. The summed E-state index contributed by atoms with van der Waals surface area (Å²) < 4.78 is 36.8. The minimum atomic E-state index is -0.980. The summed E-state index contributed by atoms with van der Waals surface area (Å²) in [7, 11) is 0. The fourth-order valence-electron chi connectivity index (χ4n) is 0.666. The molecule has 0 nitrogen and oxygen atoms in total. The van der Waals surface area contributed by atoms with Crippen LogP contribution in [0.1, 0.15) is 5.56 Å². The van der Waals surface area contributed by atoms with Crippen LogP contribution in [0.4, 0.5) is 13.2 Å². The molecule has 0 fully saturated rings. The van der Waals surface area contributed by atoms with Gasteiger partial charge in [-0.05, 0) is 6.07 Å². The molecule has 4 heteroatoms. The van der Waals surface area contributed by atoms with Crippen molar-refractivity contribution in [2.75, 3.05) is 0 Å². The molecular formula is C7H4ClF3. The third kappa shape index (κ3) is 1.66. The molecule has 0 heterocycles. The zero-order chi connectivity index (χ0) is 8.43. The summed E-state index contributed by atoms with van der Waals surface area (Å²) in [5.41, 5.74) is -0.226. The molecule has 0 N–H and O–H groups in total. The number of rotatable bonds is 1. The molecule has 0 saturated carbocycles. The Bertz CT molecular complexity index is 273. The van der Waals surface area contributed by atoms with Crippen LogP contribution in [-0.2, 0) is 6.67 Å². The second-order valence-electron chi connectivity index (χ2n) is 1.99. The first-order chi connectivity index (χ1) is 5.15. The van der Waals surface area contributed by atoms with Gasteiger partial charge in [-0.3, -0.25) is 0 Å². The highest BCUT2D eigenvalue weighted by molar-refractivity contribution is 6.30. The van der Waals surface area contributed by atoms with Gasteiger partial charge in [-0.25, -0.2) is 13.2 Å². The molecule has 0 saturated heterocycles. The second-order valence-corrected chi connectivity index (χ2v) is 2.40. The van der Waals surface area contributed by atoms with Crippen LogP contribution in [0.15, 0.2) is 12.1 Å². The lowest BCUT2D eigenvalue weighted by Crippen LogP contribution is -1.89. The summed E-state index contributed by atoms with van der Waals surface area (Å²) >= 11 is 5.26. The molecule has 0 aliphatic rings. The van der Waals surface area contributed by atoms with Gasteiger partial charge in [-0.1, -0.05) is 11.6 Å². The van der Waals surface area contributed by atoms with E-state index in [0.717, 1.165) is 6.07 Å². The molecule has 60 valence electrons. The molecule has 0 radical (unpaired) electrons. The van der Waals surface area contributed by atoms with Gasteiger partial charge in [-0.15, -0.1) is 0 Å². The van der Waals surface area contributed by atoms with E-state index in [9.17, 15) is 13.2 Å². The lowest BCUT2D eigenvalue weighted by molar-refractivity contribution is 0.460. The Labute approximate surface area is 66.6 Å². The Balaban J connectivity index is 3.21. The van der Waals surface area contributed by atoms with Crippen molar-refractivity contribution >= 4 is 11.6 Å². The number of halogens is 4. The van der Waals surface area contributed by atoms with Gasteiger partial charge >= 0.3 is 0 Å². The Kier molecular flexibility index (Phi) is 2.39. The van der Waals surface area contributed by atoms with E-state index in [-0.39, 0.29) is 10.6 Å². The van der Waals surface area contributed by atoms with Gasteiger partial charge in [0.25, 0.3) is 0 Å². The van der Waals surface area contributed by atoms with Crippen molar-refractivity contribution in [3.63, 3.8) is 0 Å². The third-order valence-corrected chi connectivity index (χ3v) is 1.52. The number of benzene rings is 1. The van der Waals surface area contributed by atoms with Crippen LogP contribution in [0.25, 0.3) is 0 Å². The van der Waals surface area contributed by atoms with Crippen molar-refractivity contribution in [1.82, 2.24) is 0 Å². The van der Waals surface area contributed by atoms with Crippen molar-refractivity contribution in [2.24, 2.45) is 0 Å². The molecule has 1 aromatic rings. The summed E-state index contributed by atoms with van der Waals surface area (Å²) in [5.74, 6) is -1.78. The van der Waals surface area contributed by atoms with Gasteiger partial charge in [0.15, 0.2) is 0 Å². The van der Waals surface area contributed by atoms with Crippen LogP contribution in [-0.4, -0.2) is 0 Å². The highest BCUT2D eigenvalue weighted by Gasteiger charge is 2.07. The molecule has 0 atom stereocenters. The van der Waals surface area contributed by atoms with Crippen molar-refractivity contribution in [2.45, 2.75) is 6.67 Å². The maximum absolute atomic E-state index is 12.5. The molecule has 0 aliphatic heterocycles. The maximum atomic E-state index is 12.5. The van der Waals surface area contributed by atoms with E-state index in [4.69, 9.17) is 11.6 Å². The van der Waals surface area contributed by atoms with E-state index in [1.54, 1.807) is 0 Å². The molecule has 0 spiro atoms. The summed E-state index contributed by atoms with van der Waals surface area (Å²) in [6.45, 7) is -0.980. The predicted octanol–water partition coefficient (Wildman–Crippen LogP) is 3.09. The van der Waals surface area contributed by atoms with Crippen LogP contribution >= 0.6 is 11.6 Å². The molecule has 1 rings (SSSR count). The standard InChI is InChI=1S/C7H4ClF3/c8-5-1-4(3-9)6(10)2-7(5)11/h1-2H,3H2. The van der Waals surface area contributed by atoms with E-state index in [1.165, 1.54) is 0 Å². The summed E-state index contributed by atoms with van der Waals surface area (Å²) in [6.07, 6.45) is 0.